The van der Waals surface area contributed by atoms with E-state index in [2.05, 4.69) is 10.6 Å². The van der Waals surface area contributed by atoms with Gasteiger partial charge in [0.05, 0.1) is 5.56 Å². The summed E-state index contributed by atoms with van der Waals surface area (Å²) in [5.74, 6) is -0.0128. The molecule has 2 N–H and O–H groups in total. The van der Waals surface area contributed by atoms with Crippen LogP contribution in [0.15, 0.2) is 48.5 Å². The molecule has 0 unspecified atom stereocenters. The SMILES string of the molecule is O=C(CCC1CCCC1)NCCN(C(=O)Nc1cccc(C(F)(F)F)c1)c1ccc(F)cc1. The molecule has 9 heteroatoms. The summed E-state index contributed by atoms with van der Waals surface area (Å²) in [7, 11) is 0. The summed E-state index contributed by atoms with van der Waals surface area (Å²) < 4.78 is 52.3. The van der Waals surface area contributed by atoms with Gasteiger partial charge in [0.1, 0.15) is 5.82 Å². The summed E-state index contributed by atoms with van der Waals surface area (Å²) in [5, 5.41) is 5.23. The largest absolute Gasteiger partial charge is 0.416 e. The highest BCUT2D eigenvalue weighted by atomic mass is 19.4. The van der Waals surface area contributed by atoms with E-state index in [9.17, 15) is 27.2 Å². The van der Waals surface area contributed by atoms with Gasteiger partial charge in [-0.15, -0.1) is 0 Å². The second kappa shape index (κ2) is 11.2. The fourth-order valence-corrected chi connectivity index (χ4v) is 3.96. The lowest BCUT2D eigenvalue weighted by Gasteiger charge is -2.24. The van der Waals surface area contributed by atoms with Crippen molar-refractivity contribution >= 4 is 23.3 Å². The van der Waals surface area contributed by atoms with Crippen LogP contribution < -0.4 is 15.5 Å². The Kier molecular flexibility index (Phi) is 8.30. The van der Waals surface area contributed by atoms with Crippen LogP contribution in [0.25, 0.3) is 0 Å². The molecule has 0 atom stereocenters. The summed E-state index contributed by atoms with van der Waals surface area (Å²) in [5.41, 5.74) is -0.563. The third-order valence-electron chi connectivity index (χ3n) is 5.74. The predicted octanol–water partition coefficient (Wildman–Crippen LogP) is 5.97. The van der Waals surface area contributed by atoms with E-state index >= 15 is 0 Å². The van der Waals surface area contributed by atoms with Gasteiger partial charge in [-0.1, -0.05) is 31.7 Å². The highest BCUT2D eigenvalue weighted by molar-refractivity contribution is 6.01. The Labute approximate surface area is 190 Å². The maximum atomic E-state index is 13.3. The second-order valence-electron chi connectivity index (χ2n) is 8.18. The van der Waals surface area contributed by atoms with Crippen LogP contribution in [0.5, 0.6) is 0 Å². The molecule has 5 nitrogen and oxygen atoms in total. The zero-order chi connectivity index (χ0) is 23.8. The van der Waals surface area contributed by atoms with Crippen molar-refractivity contribution in [1.82, 2.24) is 5.32 Å². The number of alkyl halides is 3. The quantitative estimate of drug-likeness (QED) is 0.472. The maximum absolute atomic E-state index is 13.3. The first-order valence-electron chi connectivity index (χ1n) is 11.0. The lowest BCUT2D eigenvalue weighted by Crippen LogP contribution is -2.41. The van der Waals surface area contributed by atoms with Gasteiger partial charge in [-0.05, 0) is 54.8 Å². The van der Waals surface area contributed by atoms with Crippen molar-refractivity contribution < 1.29 is 27.2 Å². The number of amides is 3. The van der Waals surface area contributed by atoms with Gasteiger partial charge in [0.2, 0.25) is 5.91 Å². The second-order valence-corrected chi connectivity index (χ2v) is 8.18. The van der Waals surface area contributed by atoms with Crippen molar-refractivity contribution in [3.8, 4) is 0 Å². The van der Waals surface area contributed by atoms with E-state index in [1.165, 1.54) is 54.1 Å². The van der Waals surface area contributed by atoms with Gasteiger partial charge in [-0.2, -0.15) is 13.2 Å². The number of nitrogens with zero attached hydrogens (tertiary/aromatic N) is 1. The molecule has 0 radical (unpaired) electrons. The van der Waals surface area contributed by atoms with E-state index in [1.807, 2.05) is 0 Å². The average Bonchev–Trinajstić information content (AvgIpc) is 3.29. The van der Waals surface area contributed by atoms with Crippen LogP contribution >= 0.6 is 0 Å². The highest BCUT2D eigenvalue weighted by Crippen LogP contribution is 2.31. The summed E-state index contributed by atoms with van der Waals surface area (Å²) in [6, 6.07) is 8.75. The standard InChI is InChI=1S/C24H27F4N3O2/c25-19-9-11-21(12-10-19)31(15-14-29-22(32)13-8-17-4-1-2-5-17)23(33)30-20-7-3-6-18(16-20)24(26,27)28/h3,6-7,9-12,16-17H,1-2,4-5,8,13-15H2,(H,29,32)(H,30,33). The first-order valence-corrected chi connectivity index (χ1v) is 11.0. The first-order chi connectivity index (χ1) is 15.7. The number of halogens is 4. The Morgan fingerprint density at radius 2 is 1.73 bits per heavy atom. The van der Waals surface area contributed by atoms with Crippen LogP contribution in [-0.4, -0.2) is 25.0 Å². The molecule has 2 aromatic rings. The van der Waals surface area contributed by atoms with E-state index in [1.54, 1.807) is 0 Å². The molecule has 2 aromatic carbocycles. The molecule has 1 saturated carbocycles. The van der Waals surface area contributed by atoms with E-state index < -0.39 is 23.6 Å². The molecule has 1 aliphatic carbocycles. The van der Waals surface area contributed by atoms with Crippen LogP contribution in [0.2, 0.25) is 0 Å². The maximum Gasteiger partial charge on any atom is 0.416 e. The molecule has 3 rings (SSSR count). The smallest absolute Gasteiger partial charge is 0.354 e. The first kappa shape index (κ1) is 24.5. The third kappa shape index (κ3) is 7.47. The molecule has 0 bridgehead atoms. The van der Waals surface area contributed by atoms with Crippen LogP contribution in [-0.2, 0) is 11.0 Å². The highest BCUT2D eigenvalue weighted by Gasteiger charge is 2.30. The number of nitrogens with one attached hydrogen (secondary N) is 2. The van der Waals surface area contributed by atoms with Crippen molar-refractivity contribution in [2.45, 2.75) is 44.7 Å². The van der Waals surface area contributed by atoms with E-state index in [4.69, 9.17) is 0 Å². The third-order valence-corrected chi connectivity index (χ3v) is 5.74. The van der Waals surface area contributed by atoms with Crippen LogP contribution in [0.4, 0.5) is 33.7 Å². The van der Waals surface area contributed by atoms with Crippen LogP contribution in [0.1, 0.15) is 44.1 Å². The van der Waals surface area contributed by atoms with Gasteiger partial charge in [0, 0.05) is 30.9 Å². The average molecular weight is 465 g/mol. The topological polar surface area (TPSA) is 61.4 Å². The Morgan fingerprint density at radius 1 is 1.03 bits per heavy atom. The number of carbonyl (C=O) groups is 2. The molecule has 1 aliphatic rings. The lowest BCUT2D eigenvalue weighted by atomic mass is 10.0. The van der Waals surface area contributed by atoms with Crippen molar-refractivity contribution in [1.29, 1.82) is 0 Å². The summed E-state index contributed by atoms with van der Waals surface area (Å²) >= 11 is 0. The number of carbonyl (C=O) groups excluding carboxylic acids is 2. The van der Waals surface area contributed by atoms with Crippen molar-refractivity contribution in [3.63, 3.8) is 0 Å². The fraction of sp³-hybridized carbons (Fsp3) is 0.417. The molecular weight excluding hydrogens is 438 g/mol. The molecule has 0 aromatic heterocycles. The number of rotatable bonds is 8. The molecular formula is C24H27F4N3O2. The molecule has 1 fully saturated rings. The number of anilines is 2. The van der Waals surface area contributed by atoms with Gasteiger partial charge in [0.15, 0.2) is 0 Å². The normalized spacial score (nSPS) is 14.2. The monoisotopic (exact) mass is 465 g/mol. The Hall–Kier alpha value is -3.10. The zero-order valence-electron chi connectivity index (χ0n) is 18.1. The molecule has 3 amide bonds. The Morgan fingerprint density at radius 3 is 2.39 bits per heavy atom. The van der Waals surface area contributed by atoms with Gasteiger partial charge in [-0.25, -0.2) is 9.18 Å². The number of benzene rings is 2. The van der Waals surface area contributed by atoms with Crippen molar-refractivity contribution in [2.24, 2.45) is 5.92 Å². The van der Waals surface area contributed by atoms with Crippen molar-refractivity contribution in [2.75, 3.05) is 23.3 Å². The summed E-state index contributed by atoms with van der Waals surface area (Å²) in [4.78, 5) is 26.3. The molecule has 0 aliphatic heterocycles. The van der Waals surface area contributed by atoms with Crippen LogP contribution in [0, 0.1) is 11.7 Å². The van der Waals surface area contributed by atoms with Crippen molar-refractivity contribution in [3.05, 3.63) is 59.9 Å². The Bertz CT molecular complexity index is 941. The van der Waals surface area contributed by atoms with Crippen LogP contribution in [0.3, 0.4) is 0 Å². The van der Waals surface area contributed by atoms with E-state index in [0.29, 0.717) is 18.0 Å². The summed E-state index contributed by atoms with van der Waals surface area (Å²) in [6.07, 6.45) is 1.43. The molecule has 0 heterocycles. The number of hydrogen-bond donors (Lipinski definition) is 2. The molecule has 0 saturated heterocycles. The zero-order valence-corrected chi connectivity index (χ0v) is 18.1. The fourth-order valence-electron chi connectivity index (χ4n) is 3.96. The number of hydrogen-bond acceptors (Lipinski definition) is 2. The molecule has 33 heavy (non-hydrogen) atoms. The summed E-state index contributed by atoms with van der Waals surface area (Å²) in [6.45, 7) is 0.211. The minimum absolute atomic E-state index is 0.0254. The molecule has 178 valence electrons. The lowest BCUT2D eigenvalue weighted by molar-refractivity contribution is -0.137. The minimum atomic E-state index is -4.54. The Balaban J connectivity index is 1.62. The molecule has 0 spiro atoms. The van der Waals surface area contributed by atoms with E-state index in [0.717, 1.165) is 31.4 Å². The predicted molar refractivity (Wildman–Crippen MR) is 118 cm³/mol. The van der Waals surface area contributed by atoms with Gasteiger partial charge in [0.25, 0.3) is 0 Å². The van der Waals surface area contributed by atoms with Gasteiger partial charge >= 0.3 is 12.2 Å². The number of urea groups is 1. The van der Waals surface area contributed by atoms with Gasteiger partial charge < -0.3 is 10.6 Å². The van der Waals surface area contributed by atoms with E-state index in [-0.39, 0.29) is 24.7 Å². The minimum Gasteiger partial charge on any atom is -0.354 e. The van der Waals surface area contributed by atoms with Gasteiger partial charge in [-0.3, -0.25) is 9.69 Å².